The number of nitrogens with one attached hydrogen (secondary N) is 1. The minimum Gasteiger partial charge on any atom is -0.316 e. The molecule has 0 aliphatic heterocycles. The molecule has 6 nitrogen and oxygen atoms in total. The van der Waals surface area contributed by atoms with E-state index in [0.717, 1.165) is 12.1 Å². The zero-order chi connectivity index (χ0) is 11.5. The number of nitrogens with zero attached hydrogens (tertiary/aromatic N) is 5. The van der Waals surface area contributed by atoms with E-state index >= 15 is 0 Å². The lowest BCUT2D eigenvalue weighted by Crippen LogP contribution is -2.30. The van der Waals surface area contributed by atoms with Crippen LogP contribution in [0.2, 0.25) is 0 Å². The van der Waals surface area contributed by atoms with Crippen molar-refractivity contribution in [1.82, 2.24) is 30.6 Å². The van der Waals surface area contributed by atoms with Crippen molar-refractivity contribution in [1.29, 1.82) is 0 Å². The lowest BCUT2D eigenvalue weighted by molar-refractivity contribution is 0.459. The Bertz CT molecular complexity index is 461. The normalized spacial score (nSPS) is 15.2. The third-order valence-corrected chi connectivity index (χ3v) is 2.97. The van der Waals surface area contributed by atoms with E-state index < -0.39 is 0 Å². The Labute approximate surface area is 94.0 Å². The zero-order valence-corrected chi connectivity index (χ0v) is 9.75. The first-order valence-corrected chi connectivity index (χ1v) is 5.48. The predicted octanol–water partition coefficient (Wildman–Crippen LogP) is 0.621. The van der Waals surface area contributed by atoms with Crippen LogP contribution in [0.5, 0.6) is 0 Å². The molecule has 0 radical (unpaired) electrons. The van der Waals surface area contributed by atoms with Gasteiger partial charge in [-0.1, -0.05) is 13.8 Å². The van der Waals surface area contributed by atoms with Gasteiger partial charge in [0, 0.05) is 12.0 Å². The number of fused-ring (bicyclic) bond motifs is 1. The molecule has 2 unspecified atom stereocenters. The molecule has 0 amide bonds. The number of hydrogen-bond donors (Lipinski definition) is 1. The summed E-state index contributed by atoms with van der Waals surface area (Å²) in [5.74, 6) is 0.337. The van der Waals surface area contributed by atoms with Crippen LogP contribution < -0.4 is 5.32 Å². The van der Waals surface area contributed by atoms with Gasteiger partial charge in [0.15, 0.2) is 5.65 Å². The minimum atomic E-state index is 0.337. The molecule has 0 saturated carbocycles. The molecule has 2 aromatic heterocycles. The third kappa shape index (κ3) is 1.88. The molecule has 0 bridgehead atoms. The molecular weight excluding hydrogens is 204 g/mol. The molecule has 0 saturated heterocycles. The van der Waals surface area contributed by atoms with Crippen LogP contribution in [0.15, 0.2) is 12.1 Å². The first-order valence-electron chi connectivity index (χ1n) is 5.48. The molecular formula is C10H16N6. The van der Waals surface area contributed by atoms with Crippen molar-refractivity contribution >= 4 is 5.65 Å². The van der Waals surface area contributed by atoms with Gasteiger partial charge in [0.2, 0.25) is 0 Å². The highest BCUT2D eigenvalue weighted by Gasteiger charge is 2.17. The summed E-state index contributed by atoms with van der Waals surface area (Å²) in [6, 6.07) is 4.29. The highest BCUT2D eigenvalue weighted by Crippen LogP contribution is 2.18. The van der Waals surface area contributed by atoms with Crippen LogP contribution in [0.1, 0.15) is 31.9 Å². The van der Waals surface area contributed by atoms with Crippen molar-refractivity contribution < 1.29 is 0 Å². The number of hydrogen-bond acceptors (Lipinski definition) is 5. The fourth-order valence-corrected chi connectivity index (χ4v) is 1.92. The predicted molar refractivity (Wildman–Crippen MR) is 60.1 cm³/mol. The second-order valence-corrected chi connectivity index (χ2v) is 3.88. The topological polar surface area (TPSA) is 68.0 Å². The van der Waals surface area contributed by atoms with Gasteiger partial charge in [-0.05, 0) is 36.0 Å². The fourth-order valence-electron chi connectivity index (χ4n) is 1.92. The van der Waals surface area contributed by atoms with Crippen molar-refractivity contribution in [2.45, 2.75) is 32.2 Å². The molecule has 0 fully saturated rings. The Morgan fingerprint density at radius 3 is 2.94 bits per heavy atom. The molecule has 0 aliphatic carbocycles. The van der Waals surface area contributed by atoms with Gasteiger partial charge in [0.1, 0.15) is 0 Å². The van der Waals surface area contributed by atoms with Gasteiger partial charge in [-0.25, -0.2) is 0 Å². The number of aromatic nitrogens is 5. The van der Waals surface area contributed by atoms with Crippen LogP contribution in [0.4, 0.5) is 0 Å². The first-order chi connectivity index (χ1) is 7.76. The van der Waals surface area contributed by atoms with Crippen molar-refractivity contribution in [3.05, 3.63) is 17.8 Å². The Morgan fingerprint density at radius 2 is 2.25 bits per heavy atom. The highest BCUT2D eigenvalue weighted by molar-refractivity contribution is 5.33. The molecule has 2 aromatic rings. The van der Waals surface area contributed by atoms with Crippen molar-refractivity contribution in [3.63, 3.8) is 0 Å². The van der Waals surface area contributed by atoms with Crippen LogP contribution in [0, 0.1) is 0 Å². The van der Waals surface area contributed by atoms with Crippen molar-refractivity contribution in [2.24, 2.45) is 0 Å². The SMILES string of the molecule is CCC(NC)C(C)c1ccc2nnnn2n1. The Morgan fingerprint density at radius 1 is 1.44 bits per heavy atom. The maximum atomic E-state index is 4.39. The third-order valence-electron chi connectivity index (χ3n) is 2.97. The highest BCUT2D eigenvalue weighted by atomic mass is 15.6. The summed E-state index contributed by atoms with van der Waals surface area (Å²) in [4.78, 5) is 0. The van der Waals surface area contributed by atoms with Gasteiger partial charge < -0.3 is 5.32 Å². The van der Waals surface area contributed by atoms with Crippen molar-refractivity contribution in [2.75, 3.05) is 7.05 Å². The van der Waals surface area contributed by atoms with E-state index in [0.29, 0.717) is 17.6 Å². The number of likely N-dealkylation sites (N-methyl/N-ethyl adjacent to an activating group) is 1. The average Bonchev–Trinajstić information content (AvgIpc) is 2.77. The Kier molecular flexibility index (Phi) is 3.09. The van der Waals surface area contributed by atoms with Gasteiger partial charge in [-0.2, -0.15) is 5.10 Å². The summed E-state index contributed by atoms with van der Waals surface area (Å²) in [5.41, 5.74) is 1.68. The molecule has 16 heavy (non-hydrogen) atoms. The lowest BCUT2D eigenvalue weighted by Gasteiger charge is -2.21. The van der Waals surface area contributed by atoms with Gasteiger partial charge >= 0.3 is 0 Å². The molecule has 0 aliphatic rings. The second kappa shape index (κ2) is 4.52. The van der Waals surface area contributed by atoms with Gasteiger partial charge in [-0.3, -0.25) is 0 Å². The minimum absolute atomic E-state index is 0.337. The largest absolute Gasteiger partial charge is 0.316 e. The summed E-state index contributed by atoms with van der Waals surface area (Å²) in [5, 5.41) is 18.9. The molecule has 6 heteroatoms. The van der Waals surface area contributed by atoms with Gasteiger partial charge in [0.05, 0.1) is 5.69 Å². The average molecular weight is 220 g/mol. The molecule has 2 rings (SSSR count). The second-order valence-electron chi connectivity index (χ2n) is 3.88. The van der Waals surface area contributed by atoms with Crippen LogP contribution in [-0.4, -0.2) is 38.3 Å². The fraction of sp³-hybridized carbons (Fsp3) is 0.600. The molecule has 2 atom stereocenters. The van der Waals surface area contributed by atoms with Crippen LogP contribution in [0.25, 0.3) is 5.65 Å². The molecule has 86 valence electrons. The van der Waals surface area contributed by atoms with Crippen LogP contribution >= 0.6 is 0 Å². The van der Waals surface area contributed by atoms with E-state index in [9.17, 15) is 0 Å². The Hall–Kier alpha value is -1.56. The zero-order valence-electron chi connectivity index (χ0n) is 9.75. The molecule has 2 heterocycles. The van der Waals surface area contributed by atoms with Gasteiger partial charge in [-0.15, -0.1) is 9.73 Å². The first kappa shape index (κ1) is 10.9. The monoisotopic (exact) mass is 220 g/mol. The lowest BCUT2D eigenvalue weighted by atomic mass is 9.96. The summed E-state index contributed by atoms with van der Waals surface area (Å²) >= 11 is 0. The summed E-state index contributed by atoms with van der Waals surface area (Å²) in [7, 11) is 1.97. The van der Waals surface area contributed by atoms with E-state index in [2.05, 4.69) is 39.8 Å². The quantitative estimate of drug-likeness (QED) is 0.818. The van der Waals surface area contributed by atoms with Crippen molar-refractivity contribution in [3.8, 4) is 0 Å². The van der Waals surface area contributed by atoms with Crippen LogP contribution in [-0.2, 0) is 0 Å². The summed E-state index contributed by atoms with van der Waals surface area (Å²) in [6.45, 7) is 4.32. The summed E-state index contributed by atoms with van der Waals surface area (Å²) in [6.07, 6.45) is 1.06. The number of rotatable bonds is 4. The maximum Gasteiger partial charge on any atom is 0.199 e. The van der Waals surface area contributed by atoms with E-state index in [-0.39, 0.29) is 0 Å². The van der Waals surface area contributed by atoms with E-state index in [1.165, 1.54) is 4.63 Å². The molecule has 1 N–H and O–H groups in total. The van der Waals surface area contributed by atoms with E-state index in [1.807, 2.05) is 19.2 Å². The smallest absolute Gasteiger partial charge is 0.199 e. The maximum absolute atomic E-state index is 4.39. The molecule has 0 aromatic carbocycles. The van der Waals surface area contributed by atoms with E-state index in [4.69, 9.17) is 0 Å². The Balaban J connectivity index is 2.31. The standard InChI is InChI=1S/C10H16N6/c1-4-8(11-3)7(2)9-5-6-10-12-14-15-16(10)13-9/h5-8,11H,4H2,1-3H3. The van der Waals surface area contributed by atoms with E-state index in [1.54, 1.807) is 0 Å². The van der Waals surface area contributed by atoms with Crippen LogP contribution in [0.3, 0.4) is 0 Å². The summed E-state index contributed by atoms with van der Waals surface area (Å²) < 4.78 is 1.47. The van der Waals surface area contributed by atoms with Gasteiger partial charge in [0.25, 0.3) is 0 Å². The number of tetrazole rings is 1. The molecule has 0 spiro atoms.